The van der Waals surface area contributed by atoms with Gasteiger partial charge in [0.15, 0.2) is 0 Å². The molecule has 2 aromatic carbocycles. The summed E-state index contributed by atoms with van der Waals surface area (Å²) in [4.78, 5) is 38.6. The first-order chi connectivity index (χ1) is 19.1. The van der Waals surface area contributed by atoms with Crippen LogP contribution in [0.4, 0.5) is 10.5 Å². The normalized spacial score (nSPS) is 21.0. The minimum absolute atomic E-state index is 0.0512. The number of nitrogens with one attached hydrogen (secondary N) is 2. The number of hydrogen-bond acceptors (Lipinski definition) is 4. The Kier molecular flexibility index (Phi) is 6.88. The highest BCUT2D eigenvalue weighted by Crippen LogP contribution is 2.44. The van der Waals surface area contributed by atoms with Gasteiger partial charge in [0.1, 0.15) is 18.8 Å². The summed E-state index contributed by atoms with van der Waals surface area (Å²) in [5.41, 5.74) is 4.13. The fourth-order valence-corrected chi connectivity index (χ4v) is 6.23. The Balaban J connectivity index is 1.08. The van der Waals surface area contributed by atoms with E-state index in [4.69, 9.17) is 4.74 Å². The number of aromatic nitrogens is 1. The summed E-state index contributed by atoms with van der Waals surface area (Å²) in [5, 5.41) is 5.70. The van der Waals surface area contributed by atoms with Crippen molar-refractivity contribution in [3.05, 3.63) is 113 Å². The first kappa shape index (κ1) is 24.9. The molecule has 0 aliphatic heterocycles. The van der Waals surface area contributed by atoms with Gasteiger partial charge in [-0.25, -0.2) is 4.79 Å². The predicted octanol–water partition coefficient (Wildman–Crippen LogP) is 5.24. The highest BCUT2D eigenvalue weighted by molar-refractivity contribution is 5.85. The molecule has 39 heavy (non-hydrogen) atoms. The standard InChI is InChI=1S/C32H31N3O4/c36-30(33-28-16-7-10-21-9-1-2-11-22(21)28)19-35-18-8-17-29(31(35)37)34-32(38)39-20-27-25-14-5-3-12-23(25)24-13-4-6-15-26(24)27/h1-6,8-9,11-15,17-18,21-22,27-28H,7,10,16,19-20H2,(H,33,36)(H,34,38)/t21?,22?,28-/m1/s1. The molecule has 1 saturated carbocycles. The number of ether oxygens (including phenoxy) is 1. The lowest BCUT2D eigenvalue weighted by Gasteiger charge is -2.36. The summed E-state index contributed by atoms with van der Waals surface area (Å²) in [6, 6.07) is 19.4. The van der Waals surface area contributed by atoms with Crippen LogP contribution < -0.4 is 16.2 Å². The van der Waals surface area contributed by atoms with E-state index in [0.717, 1.165) is 41.5 Å². The molecule has 0 spiro atoms. The van der Waals surface area contributed by atoms with E-state index < -0.39 is 11.7 Å². The smallest absolute Gasteiger partial charge is 0.411 e. The molecule has 7 nitrogen and oxygen atoms in total. The minimum atomic E-state index is -0.707. The van der Waals surface area contributed by atoms with Gasteiger partial charge in [-0.2, -0.15) is 0 Å². The number of hydrogen-bond donors (Lipinski definition) is 2. The molecular weight excluding hydrogens is 490 g/mol. The fourth-order valence-electron chi connectivity index (χ4n) is 6.23. The third-order valence-corrected chi connectivity index (χ3v) is 8.08. The lowest BCUT2D eigenvalue weighted by atomic mass is 9.74. The van der Waals surface area contributed by atoms with E-state index in [9.17, 15) is 14.4 Å². The number of benzene rings is 2. The maximum absolute atomic E-state index is 13.0. The van der Waals surface area contributed by atoms with Crippen molar-refractivity contribution in [1.29, 1.82) is 0 Å². The number of fused-ring (bicyclic) bond motifs is 4. The van der Waals surface area contributed by atoms with E-state index >= 15 is 0 Å². The van der Waals surface area contributed by atoms with Gasteiger partial charge in [-0.1, -0.05) is 79.3 Å². The first-order valence-corrected chi connectivity index (χ1v) is 13.5. The van der Waals surface area contributed by atoms with E-state index in [-0.39, 0.29) is 42.6 Å². The SMILES string of the molecule is O=C(Cn1cccc(NC(=O)OCC2c3ccccc3-c3ccccc32)c1=O)N[C@@H]1CCCC2C=CC=CC21. The third-order valence-electron chi connectivity index (χ3n) is 8.08. The molecule has 0 saturated heterocycles. The Morgan fingerprint density at radius 2 is 1.62 bits per heavy atom. The maximum Gasteiger partial charge on any atom is 0.411 e. The largest absolute Gasteiger partial charge is 0.448 e. The summed E-state index contributed by atoms with van der Waals surface area (Å²) in [5.74, 6) is 0.435. The van der Waals surface area contributed by atoms with Crippen molar-refractivity contribution in [2.75, 3.05) is 11.9 Å². The molecule has 3 atom stereocenters. The van der Waals surface area contributed by atoms with Crippen LogP contribution in [-0.2, 0) is 16.1 Å². The fraction of sp³-hybridized carbons (Fsp3) is 0.281. The quantitative estimate of drug-likeness (QED) is 0.465. The van der Waals surface area contributed by atoms with Gasteiger partial charge in [-0.05, 0) is 53.1 Å². The number of anilines is 1. The molecule has 1 heterocycles. The lowest BCUT2D eigenvalue weighted by molar-refractivity contribution is -0.123. The molecule has 7 heteroatoms. The van der Waals surface area contributed by atoms with Crippen LogP contribution in [0, 0.1) is 11.8 Å². The lowest BCUT2D eigenvalue weighted by Crippen LogP contribution is -2.46. The van der Waals surface area contributed by atoms with E-state index in [0.29, 0.717) is 5.92 Å². The van der Waals surface area contributed by atoms with Crippen molar-refractivity contribution in [2.24, 2.45) is 11.8 Å². The van der Waals surface area contributed by atoms with Gasteiger partial charge >= 0.3 is 6.09 Å². The third kappa shape index (κ3) is 5.04. The van der Waals surface area contributed by atoms with E-state index in [1.54, 1.807) is 12.3 Å². The monoisotopic (exact) mass is 521 g/mol. The van der Waals surface area contributed by atoms with E-state index in [1.165, 1.54) is 10.6 Å². The van der Waals surface area contributed by atoms with E-state index in [2.05, 4.69) is 53.1 Å². The van der Waals surface area contributed by atoms with Gasteiger partial charge in [0.25, 0.3) is 5.56 Å². The highest BCUT2D eigenvalue weighted by Gasteiger charge is 2.32. The van der Waals surface area contributed by atoms with Gasteiger partial charge < -0.3 is 14.6 Å². The van der Waals surface area contributed by atoms with E-state index in [1.807, 2.05) is 30.3 Å². The molecule has 3 aromatic rings. The molecule has 2 unspecified atom stereocenters. The number of allylic oxidation sites excluding steroid dienone is 3. The van der Waals surface area contributed by atoms with Crippen LogP contribution in [0.1, 0.15) is 36.3 Å². The zero-order valence-electron chi connectivity index (χ0n) is 21.6. The van der Waals surface area contributed by atoms with Gasteiger partial charge in [-0.3, -0.25) is 14.9 Å². The van der Waals surface area contributed by atoms with Crippen molar-refractivity contribution in [2.45, 2.75) is 37.8 Å². The zero-order chi connectivity index (χ0) is 26.8. The number of nitrogens with zero attached hydrogens (tertiary/aromatic N) is 1. The van der Waals surface area contributed by atoms with Crippen LogP contribution >= 0.6 is 0 Å². The van der Waals surface area contributed by atoms with Gasteiger partial charge in [0, 0.05) is 24.1 Å². The highest BCUT2D eigenvalue weighted by atomic mass is 16.5. The van der Waals surface area contributed by atoms with Gasteiger partial charge in [0.2, 0.25) is 5.91 Å². The van der Waals surface area contributed by atoms with Gasteiger partial charge in [0.05, 0.1) is 0 Å². The molecule has 2 amide bonds. The van der Waals surface area contributed by atoms with Crippen LogP contribution in [0.2, 0.25) is 0 Å². The molecule has 198 valence electrons. The van der Waals surface area contributed by atoms with Crippen molar-refractivity contribution < 1.29 is 14.3 Å². The molecule has 0 bridgehead atoms. The molecule has 6 rings (SSSR count). The topological polar surface area (TPSA) is 89.4 Å². The van der Waals surface area contributed by atoms with Crippen molar-refractivity contribution in [1.82, 2.24) is 9.88 Å². The summed E-state index contributed by atoms with van der Waals surface area (Å²) < 4.78 is 6.89. The van der Waals surface area contributed by atoms with Crippen molar-refractivity contribution in [3.8, 4) is 11.1 Å². The van der Waals surface area contributed by atoms with Crippen LogP contribution in [0.25, 0.3) is 11.1 Å². The van der Waals surface area contributed by atoms with Crippen LogP contribution in [0.3, 0.4) is 0 Å². The molecule has 1 fully saturated rings. The Morgan fingerprint density at radius 3 is 2.38 bits per heavy atom. The number of carbonyl (C=O) groups is 2. The Hall–Kier alpha value is -4.39. The summed E-state index contributed by atoms with van der Waals surface area (Å²) in [6.07, 6.45) is 12.4. The van der Waals surface area contributed by atoms with Gasteiger partial charge in [-0.15, -0.1) is 0 Å². The first-order valence-electron chi connectivity index (χ1n) is 13.5. The second kappa shape index (κ2) is 10.8. The molecule has 3 aliphatic carbocycles. The molecule has 0 radical (unpaired) electrons. The number of rotatable bonds is 6. The van der Waals surface area contributed by atoms with Crippen molar-refractivity contribution in [3.63, 3.8) is 0 Å². The average Bonchev–Trinajstić information content (AvgIpc) is 3.28. The second-order valence-electron chi connectivity index (χ2n) is 10.4. The molecule has 2 N–H and O–H groups in total. The molecular formula is C32H31N3O4. The van der Waals surface area contributed by atoms with Crippen molar-refractivity contribution >= 4 is 17.7 Å². The van der Waals surface area contributed by atoms with Crippen LogP contribution in [0.15, 0.2) is 96.0 Å². The summed E-state index contributed by atoms with van der Waals surface area (Å²) in [6.45, 7) is 0.0307. The summed E-state index contributed by atoms with van der Waals surface area (Å²) >= 11 is 0. The van der Waals surface area contributed by atoms with Crippen LogP contribution in [-0.4, -0.2) is 29.2 Å². The number of amides is 2. The zero-order valence-corrected chi connectivity index (χ0v) is 21.6. The number of carbonyl (C=O) groups excluding carboxylic acids is 2. The van der Waals surface area contributed by atoms with Crippen LogP contribution in [0.5, 0.6) is 0 Å². The Labute approximate surface area is 227 Å². The summed E-state index contributed by atoms with van der Waals surface area (Å²) in [7, 11) is 0. The number of pyridine rings is 1. The maximum atomic E-state index is 13.0. The predicted molar refractivity (Wildman–Crippen MR) is 150 cm³/mol. The minimum Gasteiger partial charge on any atom is -0.448 e. The average molecular weight is 522 g/mol. The Bertz CT molecular complexity index is 1480. The Morgan fingerprint density at radius 1 is 0.897 bits per heavy atom. The molecule has 3 aliphatic rings. The molecule has 1 aromatic heterocycles. The second-order valence-corrected chi connectivity index (χ2v) is 10.4.